The normalized spacial score (nSPS) is 19.5. The summed E-state index contributed by atoms with van der Waals surface area (Å²) in [4.78, 5) is 8.77. The van der Waals surface area contributed by atoms with Crippen molar-refractivity contribution in [3.63, 3.8) is 0 Å². The number of rotatable bonds is 4. The van der Waals surface area contributed by atoms with E-state index < -0.39 is 0 Å². The minimum Gasteiger partial charge on any atom is -0.288 e. The van der Waals surface area contributed by atoms with Gasteiger partial charge in [-0.05, 0) is 29.9 Å². The van der Waals surface area contributed by atoms with Crippen LogP contribution in [0.2, 0.25) is 0 Å². The van der Waals surface area contributed by atoms with Gasteiger partial charge in [0, 0.05) is 24.5 Å². The number of nitrogens with zero attached hydrogens (tertiary/aromatic N) is 2. The molecule has 0 aromatic heterocycles. The zero-order valence-corrected chi connectivity index (χ0v) is 9.53. The molecule has 2 aliphatic rings. The Morgan fingerprint density at radius 2 is 2.13 bits per heavy atom. The van der Waals surface area contributed by atoms with Crippen LogP contribution in [0.3, 0.4) is 0 Å². The van der Waals surface area contributed by atoms with Gasteiger partial charge in [0.05, 0.1) is 6.54 Å². The molecule has 0 amide bonds. The molecule has 2 heteroatoms. The van der Waals surface area contributed by atoms with Gasteiger partial charge in [-0.25, -0.2) is 0 Å². The molecular formula is C13H18N2. The third kappa shape index (κ3) is 2.09. The van der Waals surface area contributed by atoms with Gasteiger partial charge in [0.15, 0.2) is 0 Å². The zero-order valence-electron chi connectivity index (χ0n) is 9.53. The van der Waals surface area contributed by atoms with Crippen LogP contribution in [0.4, 0.5) is 0 Å². The van der Waals surface area contributed by atoms with E-state index in [0.29, 0.717) is 5.92 Å². The summed E-state index contributed by atoms with van der Waals surface area (Å²) in [5.74, 6) is 0.665. The summed E-state index contributed by atoms with van der Waals surface area (Å²) in [6.07, 6.45) is 9.60. The van der Waals surface area contributed by atoms with Gasteiger partial charge in [-0.2, -0.15) is 0 Å². The van der Waals surface area contributed by atoms with E-state index in [9.17, 15) is 0 Å². The van der Waals surface area contributed by atoms with Gasteiger partial charge in [-0.1, -0.05) is 19.9 Å². The average molecular weight is 202 g/mol. The second-order valence-corrected chi connectivity index (χ2v) is 4.12. The van der Waals surface area contributed by atoms with Gasteiger partial charge in [0.25, 0.3) is 0 Å². The third-order valence-electron chi connectivity index (χ3n) is 3.23. The Kier molecular flexibility index (Phi) is 3.14. The first-order valence-electron chi connectivity index (χ1n) is 5.81. The number of aliphatic imine (C=N–C) groups is 2. The standard InChI is InChI=1S/C13H18N2/c1-3-10(4-2)13-7-12(9-15-13)11-5-6-14-8-11/h5,8-10H,3-4,6-7H2,1-2H3. The monoisotopic (exact) mass is 202 g/mol. The van der Waals surface area contributed by atoms with Crippen LogP contribution >= 0.6 is 0 Å². The highest BCUT2D eigenvalue weighted by atomic mass is 14.8. The lowest BCUT2D eigenvalue weighted by molar-refractivity contribution is 0.637. The fraction of sp³-hybridized carbons (Fsp3) is 0.538. The Labute approximate surface area is 91.5 Å². The average Bonchev–Trinajstić information content (AvgIpc) is 2.89. The van der Waals surface area contributed by atoms with Crippen molar-refractivity contribution in [1.29, 1.82) is 0 Å². The lowest BCUT2D eigenvalue weighted by Crippen LogP contribution is -2.11. The van der Waals surface area contributed by atoms with E-state index in [1.165, 1.54) is 29.7 Å². The topological polar surface area (TPSA) is 24.7 Å². The predicted octanol–water partition coefficient (Wildman–Crippen LogP) is 3.16. The Bertz CT molecular complexity index is 355. The minimum absolute atomic E-state index is 0.665. The van der Waals surface area contributed by atoms with Crippen molar-refractivity contribution in [2.45, 2.75) is 33.1 Å². The smallest absolute Gasteiger partial charge is 0.0579 e. The molecular weight excluding hydrogens is 184 g/mol. The van der Waals surface area contributed by atoms with Crippen molar-refractivity contribution in [1.82, 2.24) is 0 Å². The zero-order chi connectivity index (χ0) is 10.7. The summed E-state index contributed by atoms with van der Waals surface area (Å²) in [6, 6.07) is 0. The van der Waals surface area contributed by atoms with Crippen molar-refractivity contribution >= 4 is 11.9 Å². The van der Waals surface area contributed by atoms with Crippen LogP contribution in [-0.4, -0.2) is 18.5 Å². The molecule has 0 aromatic rings. The molecule has 0 saturated carbocycles. The first-order valence-corrected chi connectivity index (χ1v) is 5.81. The fourth-order valence-electron chi connectivity index (χ4n) is 2.20. The highest BCUT2D eigenvalue weighted by molar-refractivity contribution is 5.96. The maximum atomic E-state index is 4.56. The second kappa shape index (κ2) is 4.56. The summed E-state index contributed by atoms with van der Waals surface area (Å²) >= 11 is 0. The maximum Gasteiger partial charge on any atom is 0.0579 e. The highest BCUT2D eigenvalue weighted by Crippen LogP contribution is 2.26. The van der Waals surface area contributed by atoms with E-state index in [0.717, 1.165) is 13.0 Å². The number of allylic oxidation sites excluding steroid dienone is 2. The van der Waals surface area contributed by atoms with Gasteiger partial charge in [0.2, 0.25) is 0 Å². The quantitative estimate of drug-likeness (QED) is 0.669. The fourth-order valence-corrected chi connectivity index (χ4v) is 2.20. The molecule has 2 nitrogen and oxygen atoms in total. The molecule has 0 aromatic carbocycles. The van der Waals surface area contributed by atoms with Crippen LogP contribution in [-0.2, 0) is 0 Å². The summed E-state index contributed by atoms with van der Waals surface area (Å²) in [5, 5.41) is 0. The van der Waals surface area contributed by atoms with Gasteiger partial charge in [0.1, 0.15) is 0 Å². The molecule has 0 saturated heterocycles. The predicted molar refractivity (Wildman–Crippen MR) is 65.6 cm³/mol. The van der Waals surface area contributed by atoms with Crippen molar-refractivity contribution in [3.8, 4) is 0 Å². The molecule has 15 heavy (non-hydrogen) atoms. The third-order valence-corrected chi connectivity index (χ3v) is 3.23. The molecule has 2 heterocycles. The first-order chi connectivity index (χ1) is 7.35. The molecule has 2 rings (SSSR count). The minimum atomic E-state index is 0.665. The van der Waals surface area contributed by atoms with Gasteiger partial charge in [-0.3, -0.25) is 9.98 Å². The van der Waals surface area contributed by atoms with E-state index in [2.05, 4.69) is 29.9 Å². The number of hydrogen-bond acceptors (Lipinski definition) is 2. The Balaban J connectivity index is 2.00. The SMILES string of the molecule is CCC(CC)C1=NC=C(C2=CCN=C2)C1. The number of hydrogen-bond donors (Lipinski definition) is 0. The van der Waals surface area contributed by atoms with Crippen molar-refractivity contribution in [3.05, 3.63) is 23.4 Å². The molecule has 0 unspecified atom stereocenters. The molecule has 2 aliphatic heterocycles. The summed E-state index contributed by atoms with van der Waals surface area (Å²) in [5.41, 5.74) is 3.98. The van der Waals surface area contributed by atoms with Crippen molar-refractivity contribution in [2.75, 3.05) is 6.54 Å². The largest absolute Gasteiger partial charge is 0.288 e. The van der Waals surface area contributed by atoms with Crippen molar-refractivity contribution in [2.24, 2.45) is 15.9 Å². The Hall–Kier alpha value is -1.18. The summed E-state index contributed by atoms with van der Waals surface area (Å²) in [7, 11) is 0. The van der Waals surface area contributed by atoms with Crippen LogP contribution in [0.25, 0.3) is 0 Å². The van der Waals surface area contributed by atoms with Crippen LogP contribution in [0.5, 0.6) is 0 Å². The highest BCUT2D eigenvalue weighted by Gasteiger charge is 2.19. The molecule has 0 bridgehead atoms. The second-order valence-electron chi connectivity index (χ2n) is 4.12. The molecule has 0 fully saturated rings. The van der Waals surface area contributed by atoms with E-state index in [1.54, 1.807) is 0 Å². The van der Waals surface area contributed by atoms with Gasteiger partial charge in [-0.15, -0.1) is 0 Å². The van der Waals surface area contributed by atoms with E-state index in [1.807, 2.05) is 12.4 Å². The Morgan fingerprint density at radius 3 is 2.73 bits per heavy atom. The van der Waals surface area contributed by atoms with E-state index in [-0.39, 0.29) is 0 Å². The van der Waals surface area contributed by atoms with Gasteiger partial charge < -0.3 is 0 Å². The van der Waals surface area contributed by atoms with Crippen LogP contribution in [0.1, 0.15) is 33.1 Å². The molecule has 0 atom stereocenters. The lowest BCUT2D eigenvalue weighted by atomic mass is 9.92. The summed E-state index contributed by atoms with van der Waals surface area (Å²) in [6.45, 7) is 5.32. The lowest BCUT2D eigenvalue weighted by Gasteiger charge is -2.12. The Morgan fingerprint density at radius 1 is 1.33 bits per heavy atom. The first kappa shape index (κ1) is 10.3. The van der Waals surface area contributed by atoms with Crippen LogP contribution in [0, 0.1) is 5.92 Å². The molecule has 80 valence electrons. The van der Waals surface area contributed by atoms with Crippen LogP contribution < -0.4 is 0 Å². The maximum absolute atomic E-state index is 4.56. The summed E-state index contributed by atoms with van der Waals surface area (Å²) < 4.78 is 0. The molecule has 0 spiro atoms. The molecule has 0 radical (unpaired) electrons. The molecule has 0 N–H and O–H groups in total. The van der Waals surface area contributed by atoms with Crippen molar-refractivity contribution < 1.29 is 0 Å². The van der Waals surface area contributed by atoms with E-state index >= 15 is 0 Å². The van der Waals surface area contributed by atoms with Crippen LogP contribution in [0.15, 0.2) is 33.4 Å². The van der Waals surface area contributed by atoms with E-state index in [4.69, 9.17) is 0 Å². The molecule has 0 aliphatic carbocycles. The van der Waals surface area contributed by atoms with Gasteiger partial charge >= 0.3 is 0 Å².